The fourth-order valence-electron chi connectivity index (χ4n) is 5.24. The number of hydrogen-bond acceptors (Lipinski definition) is 16. The summed E-state index contributed by atoms with van der Waals surface area (Å²) in [5, 5.41) is 44.1. The molecular formula is C33H20CuN5Na3O11S3. The Bertz CT molecular complexity index is 2850. The Labute approximate surface area is 397 Å². The van der Waals surface area contributed by atoms with Gasteiger partial charge in [-0.3, -0.25) is 0 Å². The fourth-order valence-corrected chi connectivity index (χ4v) is 7.28. The average Bonchev–Trinajstić information content (AvgIpc) is 3.06. The van der Waals surface area contributed by atoms with Gasteiger partial charge in [-0.15, -0.1) is 5.11 Å². The van der Waals surface area contributed by atoms with E-state index in [4.69, 9.17) is 0 Å². The van der Waals surface area contributed by atoms with Crippen LogP contribution in [0.25, 0.3) is 21.5 Å². The molecule has 0 aliphatic rings. The van der Waals surface area contributed by atoms with Crippen molar-refractivity contribution in [1.82, 2.24) is 0 Å². The SMILES string of the molecule is Cc1cc(N=Nc2c(S(=O)(=O)[O-])cc3cc(Nc4ccccc4)ccc3c2[O-])c([O-])cc1N=Nc1cc(S(=O)(=O)[O-])c2cccc(S(=O)(=O)[O-])c2c1.[Cu+2].[Na+].[Na+].[Na+]. The summed E-state index contributed by atoms with van der Waals surface area (Å²) in [6.45, 7) is 1.45. The molecule has 0 saturated heterocycles. The number of nitrogens with zero attached hydrogens (tertiary/aromatic N) is 4. The fraction of sp³-hybridized carbons (Fsp3) is 0.0303. The van der Waals surface area contributed by atoms with Crippen molar-refractivity contribution < 1.29 is 155 Å². The maximum Gasteiger partial charge on any atom is 2.00 e. The Hall–Kier alpha value is -2.31. The molecule has 0 unspecified atom stereocenters. The van der Waals surface area contributed by atoms with Crippen LogP contribution in [0.15, 0.2) is 132 Å². The molecule has 0 saturated carbocycles. The van der Waals surface area contributed by atoms with Gasteiger partial charge in [0.05, 0.1) is 37.4 Å². The minimum atomic E-state index is -5.26. The zero-order valence-electron chi connectivity index (χ0n) is 29.5. The van der Waals surface area contributed by atoms with Gasteiger partial charge in [-0.2, -0.15) is 15.3 Å². The largest absolute Gasteiger partial charge is 2.00 e. The second kappa shape index (κ2) is 19.6. The first-order valence-corrected chi connectivity index (χ1v) is 18.8. The topological polar surface area (TPSA) is 279 Å². The molecule has 0 heterocycles. The smallest absolute Gasteiger partial charge is 0.871 e. The molecule has 0 aromatic heterocycles. The summed E-state index contributed by atoms with van der Waals surface area (Å²) >= 11 is 0. The van der Waals surface area contributed by atoms with E-state index in [2.05, 4.69) is 25.8 Å². The van der Waals surface area contributed by atoms with Crippen LogP contribution in [0.1, 0.15) is 5.56 Å². The van der Waals surface area contributed by atoms with Crippen LogP contribution in [-0.2, 0) is 47.4 Å². The third-order valence-electron chi connectivity index (χ3n) is 7.61. The van der Waals surface area contributed by atoms with Crippen LogP contribution in [0.2, 0.25) is 0 Å². The van der Waals surface area contributed by atoms with Gasteiger partial charge in [-0.25, -0.2) is 25.3 Å². The number of aryl methyl sites for hydroxylation is 1. The zero-order valence-corrected chi connectivity index (χ0v) is 38.9. The van der Waals surface area contributed by atoms with E-state index in [-0.39, 0.29) is 145 Å². The van der Waals surface area contributed by atoms with Crippen molar-refractivity contribution in [3.05, 3.63) is 103 Å². The average molecular weight is 891 g/mol. The molecule has 1 radical (unpaired) electrons. The van der Waals surface area contributed by atoms with E-state index in [9.17, 15) is 49.1 Å². The number of para-hydroxylation sites is 1. The van der Waals surface area contributed by atoms with Gasteiger partial charge in [0, 0.05) is 22.1 Å². The van der Waals surface area contributed by atoms with Crippen LogP contribution >= 0.6 is 0 Å². The summed E-state index contributed by atoms with van der Waals surface area (Å²) in [6.07, 6.45) is 0. The number of benzene rings is 6. The van der Waals surface area contributed by atoms with Crippen molar-refractivity contribution in [2.24, 2.45) is 20.5 Å². The maximum atomic E-state index is 13.4. The molecule has 56 heavy (non-hydrogen) atoms. The molecule has 16 nitrogen and oxygen atoms in total. The molecule has 0 spiro atoms. The summed E-state index contributed by atoms with van der Waals surface area (Å²) in [5.41, 5.74) is -0.210. The van der Waals surface area contributed by atoms with Gasteiger partial charge >= 0.3 is 106 Å². The molecule has 0 aliphatic heterocycles. The monoisotopic (exact) mass is 890 g/mol. The molecule has 0 aliphatic carbocycles. The van der Waals surface area contributed by atoms with Gasteiger partial charge in [-0.05, 0) is 83.9 Å². The van der Waals surface area contributed by atoms with Crippen molar-refractivity contribution in [3.8, 4) is 11.5 Å². The van der Waals surface area contributed by atoms with Crippen LogP contribution in [0.5, 0.6) is 11.5 Å². The second-order valence-corrected chi connectivity index (χ2v) is 15.2. The predicted molar refractivity (Wildman–Crippen MR) is 180 cm³/mol. The number of anilines is 2. The van der Waals surface area contributed by atoms with Gasteiger partial charge in [0.2, 0.25) is 0 Å². The first-order valence-electron chi connectivity index (χ1n) is 14.6. The molecule has 1 N–H and O–H groups in total. The molecule has 23 heteroatoms. The first kappa shape index (κ1) is 49.8. The molecular weight excluding hydrogens is 871 g/mol. The number of nitrogens with one attached hydrogen (secondary N) is 1. The molecule has 0 bridgehead atoms. The summed E-state index contributed by atoms with van der Waals surface area (Å²) in [6, 6.07) is 21.5. The Balaban J connectivity index is 0.00000271. The number of hydrogen-bond donors (Lipinski definition) is 1. The van der Waals surface area contributed by atoms with E-state index >= 15 is 0 Å². The van der Waals surface area contributed by atoms with Crippen LogP contribution < -0.4 is 104 Å². The van der Waals surface area contributed by atoms with E-state index in [0.29, 0.717) is 11.4 Å². The predicted octanol–water partition coefficient (Wildman–Crippen LogP) is -3.26. The van der Waals surface area contributed by atoms with Crippen LogP contribution in [0.3, 0.4) is 0 Å². The number of rotatable bonds is 9. The van der Waals surface area contributed by atoms with Gasteiger partial charge in [-0.1, -0.05) is 47.9 Å². The van der Waals surface area contributed by atoms with Gasteiger partial charge in [0.15, 0.2) is 0 Å². The Kier molecular flexibility index (Phi) is 17.5. The quantitative estimate of drug-likeness (QED) is 0.0852. The van der Waals surface area contributed by atoms with Crippen molar-refractivity contribution in [1.29, 1.82) is 0 Å². The third-order valence-corrected chi connectivity index (χ3v) is 10.2. The molecule has 6 aromatic rings. The molecule has 275 valence electrons. The van der Waals surface area contributed by atoms with Crippen LogP contribution in [0.4, 0.5) is 34.1 Å². The Morgan fingerprint density at radius 2 is 1.16 bits per heavy atom. The Morgan fingerprint density at radius 1 is 0.536 bits per heavy atom. The third kappa shape index (κ3) is 11.2. The second-order valence-electron chi connectivity index (χ2n) is 11.1. The van der Waals surface area contributed by atoms with Gasteiger partial charge in [0.25, 0.3) is 0 Å². The standard InChI is InChI=1S/C33H25N5O11S3.Cu.3Na/c1-18-12-27(28(39)17-26(18)36-35-22-15-25-24(30(16-22)51(44,45)46)8-5-9-29(25)50(41,42)43)37-38-32-31(52(47,48)49)14-19-13-21(10-11-23(19)33(32)40)34-20-6-3-2-4-7-20;;;;/h2-17,34,39-40H,1H3,(H,41,42,43)(H,44,45,46)(H,47,48,49);;;;/q;+2;3*+1/p-5. The molecule has 0 amide bonds. The van der Waals surface area contributed by atoms with E-state index in [1.807, 2.05) is 6.07 Å². The zero-order chi connectivity index (χ0) is 37.6. The normalized spacial score (nSPS) is 11.8. The summed E-state index contributed by atoms with van der Waals surface area (Å²) in [5.74, 6) is -1.78. The summed E-state index contributed by atoms with van der Waals surface area (Å²) in [4.78, 5) is -2.62. The number of azo groups is 2. The van der Waals surface area contributed by atoms with Gasteiger partial charge < -0.3 is 29.2 Å². The van der Waals surface area contributed by atoms with E-state index in [1.165, 1.54) is 19.1 Å². The summed E-state index contributed by atoms with van der Waals surface area (Å²) in [7, 11) is -15.6. The van der Waals surface area contributed by atoms with Crippen molar-refractivity contribution in [2.75, 3.05) is 5.32 Å². The van der Waals surface area contributed by atoms with E-state index < -0.39 is 67.6 Å². The minimum Gasteiger partial charge on any atom is -0.871 e. The maximum absolute atomic E-state index is 13.4. The number of fused-ring (bicyclic) bond motifs is 2. The van der Waals surface area contributed by atoms with Crippen LogP contribution in [-0.4, -0.2) is 38.9 Å². The van der Waals surface area contributed by atoms with Crippen molar-refractivity contribution in [3.63, 3.8) is 0 Å². The first-order chi connectivity index (χ1) is 24.4. The van der Waals surface area contributed by atoms with Gasteiger partial charge in [0.1, 0.15) is 30.4 Å². The van der Waals surface area contributed by atoms with E-state index in [0.717, 1.165) is 48.5 Å². The van der Waals surface area contributed by atoms with E-state index in [1.54, 1.807) is 30.3 Å². The van der Waals surface area contributed by atoms with Crippen molar-refractivity contribution in [2.45, 2.75) is 21.6 Å². The molecule has 0 atom stereocenters. The van der Waals surface area contributed by atoms with Crippen LogP contribution in [0, 0.1) is 6.92 Å². The minimum absolute atomic E-state index is 0. The Morgan fingerprint density at radius 3 is 1.79 bits per heavy atom. The molecule has 0 fully saturated rings. The molecule has 6 aromatic carbocycles. The summed E-state index contributed by atoms with van der Waals surface area (Å²) < 4.78 is 108. The van der Waals surface area contributed by atoms with Crippen molar-refractivity contribution >= 4 is 86.0 Å². The molecule has 6 rings (SSSR count).